The zero-order valence-corrected chi connectivity index (χ0v) is 23.3. The van der Waals surface area contributed by atoms with E-state index in [9.17, 15) is 22.8 Å². The highest BCUT2D eigenvalue weighted by Crippen LogP contribution is 2.44. The number of aromatic nitrogens is 5. The molecule has 3 aliphatic heterocycles. The van der Waals surface area contributed by atoms with Crippen LogP contribution in [0.2, 0.25) is 5.02 Å². The Morgan fingerprint density at radius 1 is 1.07 bits per heavy atom. The van der Waals surface area contributed by atoms with Crippen LogP contribution in [0.4, 0.5) is 13.2 Å². The number of H-pyrrole nitrogens is 1. The molecule has 13 heteroatoms. The second-order valence-corrected chi connectivity index (χ2v) is 12.2. The maximum atomic E-state index is 13.6. The van der Waals surface area contributed by atoms with E-state index in [1.165, 1.54) is 0 Å². The van der Waals surface area contributed by atoms with Gasteiger partial charge in [-0.3, -0.25) is 9.59 Å². The zero-order valence-electron chi connectivity index (χ0n) is 22.6. The van der Waals surface area contributed by atoms with E-state index < -0.39 is 11.9 Å². The molecule has 1 saturated carbocycles. The van der Waals surface area contributed by atoms with Gasteiger partial charge in [-0.1, -0.05) is 16.8 Å². The van der Waals surface area contributed by atoms with Gasteiger partial charge in [0, 0.05) is 53.0 Å². The topological polar surface area (TPSA) is 109 Å². The number of nitrogens with one attached hydrogen (secondary N) is 2. The van der Waals surface area contributed by atoms with Gasteiger partial charge in [-0.05, 0) is 74.6 Å². The van der Waals surface area contributed by atoms with Gasteiger partial charge in [0.15, 0.2) is 5.69 Å². The number of hydrogen-bond donors (Lipinski definition) is 2. The van der Waals surface area contributed by atoms with Crippen LogP contribution in [0.15, 0.2) is 36.7 Å². The molecule has 5 heterocycles. The molecule has 1 aliphatic carbocycles. The van der Waals surface area contributed by atoms with E-state index in [0.717, 1.165) is 60.9 Å². The first kappa shape index (κ1) is 27.2. The summed E-state index contributed by atoms with van der Waals surface area (Å²) in [5.41, 5.74) is 1.59. The molecule has 42 heavy (non-hydrogen) atoms. The minimum atomic E-state index is -4.62. The fourth-order valence-electron chi connectivity index (χ4n) is 7.27. The van der Waals surface area contributed by atoms with Crippen LogP contribution in [0.5, 0.6) is 0 Å². The Morgan fingerprint density at radius 2 is 1.93 bits per heavy atom. The van der Waals surface area contributed by atoms with Crippen molar-refractivity contribution < 1.29 is 22.8 Å². The highest BCUT2D eigenvalue weighted by molar-refractivity contribution is 6.30. The van der Waals surface area contributed by atoms with Gasteiger partial charge in [-0.25, -0.2) is 9.67 Å². The third kappa shape index (κ3) is 4.89. The number of halogens is 4. The maximum Gasteiger partial charge on any atom is 0.436 e. The molecule has 0 radical (unpaired) electrons. The van der Waals surface area contributed by atoms with Gasteiger partial charge in [-0.2, -0.15) is 13.2 Å². The number of alkyl halides is 3. The molecule has 1 aromatic carbocycles. The maximum absolute atomic E-state index is 13.6. The third-order valence-electron chi connectivity index (χ3n) is 9.29. The van der Waals surface area contributed by atoms with Gasteiger partial charge < -0.3 is 15.2 Å². The molecule has 3 aromatic rings. The largest absolute Gasteiger partial charge is 0.436 e. The molecule has 0 bridgehead atoms. The number of carbonyl (C=O) groups is 2. The van der Waals surface area contributed by atoms with Gasteiger partial charge >= 0.3 is 6.18 Å². The normalized spacial score (nSPS) is 27.9. The highest BCUT2D eigenvalue weighted by Gasteiger charge is 2.42. The van der Waals surface area contributed by atoms with Crippen molar-refractivity contribution in [3.63, 3.8) is 0 Å². The lowest BCUT2D eigenvalue weighted by Gasteiger charge is -2.39. The van der Waals surface area contributed by atoms with Crippen LogP contribution >= 0.6 is 11.6 Å². The summed E-state index contributed by atoms with van der Waals surface area (Å²) in [6.07, 6.45) is 6.16. The fraction of sp³-hybridized carbons (Fsp3) is 0.483. The summed E-state index contributed by atoms with van der Waals surface area (Å²) in [4.78, 5) is 35.5. The summed E-state index contributed by atoms with van der Waals surface area (Å²) in [5.74, 6) is 1.59. The Kier molecular flexibility index (Phi) is 6.63. The predicted molar refractivity (Wildman–Crippen MR) is 146 cm³/mol. The summed E-state index contributed by atoms with van der Waals surface area (Å²) in [7, 11) is 0. The summed E-state index contributed by atoms with van der Waals surface area (Å²) < 4.78 is 40.6. The molecule has 9 nitrogen and oxygen atoms in total. The quantitative estimate of drug-likeness (QED) is 0.421. The summed E-state index contributed by atoms with van der Waals surface area (Å²) >= 11 is 6.28. The van der Waals surface area contributed by atoms with E-state index in [4.69, 9.17) is 16.6 Å². The van der Waals surface area contributed by atoms with E-state index in [-0.39, 0.29) is 29.9 Å². The molecule has 2 saturated heterocycles. The Balaban J connectivity index is 1.11. The molecule has 2 N–H and O–H groups in total. The van der Waals surface area contributed by atoms with Crippen molar-refractivity contribution in [2.24, 2.45) is 5.92 Å². The number of rotatable bonds is 4. The first-order chi connectivity index (χ1) is 20.1. The first-order valence-corrected chi connectivity index (χ1v) is 14.7. The van der Waals surface area contributed by atoms with Crippen molar-refractivity contribution in [2.75, 3.05) is 0 Å². The number of carbonyl (C=O) groups excluding carboxylic acids is 2. The molecular formula is C29H29ClF3N7O2. The molecule has 2 amide bonds. The number of amides is 2. The predicted octanol–water partition coefficient (Wildman–Crippen LogP) is 5.34. The Morgan fingerprint density at radius 3 is 2.74 bits per heavy atom. The lowest BCUT2D eigenvalue weighted by molar-refractivity contribution is -0.141. The fourth-order valence-corrected chi connectivity index (χ4v) is 7.44. The minimum Gasteiger partial charge on any atom is -0.353 e. The van der Waals surface area contributed by atoms with Gasteiger partial charge in [0.05, 0.1) is 17.9 Å². The van der Waals surface area contributed by atoms with Gasteiger partial charge in [-0.15, -0.1) is 5.10 Å². The lowest BCUT2D eigenvalue weighted by Crippen LogP contribution is -2.47. The third-order valence-corrected chi connectivity index (χ3v) is 9.52. The van der Waals surface area contributed by atoms with Crippen LogP contribution < -0.4 is 5.32 Å². The Bertz CT molecular complexity index is 1580. The van der Waals surface area contributed by atoms with Gasteiger partial charge in [0.1, 0.15) is 5.82 Å². The Labute approximate surface area is 244 Å². The van der Waals surface area contributed by atoms with Crippen molar-refractivity contribution >= 4 is 29.0 Å². The average Bonchev–Trinajstić information content (AvgIpc) is 3.72. The number of aromatic amines is 1. The van der Waals surface area contributed by atoms with Crippen LogP contribution in [0.25, 0.3) is 11.3 Å². The Hall–Kier alpha value is -3.67. The number of piperidine rings is 1. The number of fused-ring (bicyclic) bond motifs is 2. The number of imidazole rings is 1. The first-order valence-electron chi connectivity index (χ1n) is 14.3. The standard InChI is InChI=1S/C29H29ClF3N7O2/c30-18-3-6-23(39-14-25(37-38-39)29(31,32)33)20(12-18)17-10-19-4-7-24(40(19)27(42)11-17)28-34-13-22(36-28)16-1-5-21-15(9-16)2-8-26(41)35-21/h3,6,11-16,19,21,24H,1-2,4-5,7-10H2,(H,34,36)(H,35,41)/t15?,16?,19-,21?,24+/m1/s1. The van der Waals surface area contributed by atoms with E-state index in [2.05, 4.69) is 20.6 Å². The van der Waals surface area contributed by atoms with Crippen molar-refractivity contribution in [3.8, 4) is 5.69 Å². The van der Waals surface area contributed by atoms with Crippen LogP contribution in [-0.2, 0) is 15.8 Å². The number of benzene rings is 1. The summed E-state index contributed by atoms with van der Waals surface area (Å²) in [6, 6.07) is 4.82. The number of hydrogen-bond acceptors (Lipinski definition) is 5. The van der Waals surface area contributed by atoms with Gasteiger partial charge in [0.2, 0.25) is 11.8 Å². The molecule has 7 rings (SSSR count). The van der Waals surface area contributed by atoms with Crippen molar-refractivity contribution in [1.29, 1.82) is 0 Å². The van der Waals surface area contributed by atoms with E-state index in [1.54, 1.807) is 24.3 Å². The van der Waals surface area contributed by atoms with E-state index in [1.807, 2.05) is 11.1 Å². The summed E-state index contributed by atoms with van der Waals surface area (Å²) in [6.45, 7) is 0. The van der Waals surface area contributed by atoms with Crippen molar-refractivity contribution in [3.05, 3.63) is 64.5 Å². The van der Waals surface area contributed by atoms with Crippen molar-refractivity contribution in [1.82, 2.24) is 35.2 Å². The smallest absolute Gasteiger partial charge is 0.353 e. The summed E-state index contributed by atoms with van der Waals surface area (Å²) in [5, 5.41) is 10.5. The molecular weight excluding hydrogens is 571 g/mol. The van der Waals surface area contributed by atoms with Crippen LogP contribution in [0.3, 0.4) is 0 Å². The highest BCUT2D eigenvalue weighted by atomic mass is 35.5. The van der Waals surface area contributed by atoms with Gasteiger partial charge in [0.25, 0.3) is 0 Å². The SMILES string of the molecule is O=C1CCC2CC(c3cnc([C@@H]4CC[C@@H]5CC(c6cc(Cl)ccc6-n6cc(C(F)(F)F)nn6)=CC(=O)N54)[nH]3)CCC2N1. The molecule has 3 fully saturated rings. The monoisotopic (exact) mass is 599 g/mol. The average molecular weight is 600 g/mol. The van der Waals surface area contributed by atoms with E-state index in [0.29, 0.717) is 46.5 Å². The lowest BCUT2D eigenvalue weighted by atomic mass is 9.73. The molecule has 0 spiro atoms. The second kappa shape index (κ2) is 10.3. The molecule has 4 aliphatic rings. The number of nitrogens with zero attached hydrogens (tertiary/aromatic N) is 5. The molecule has 3 unspecified atom stereocenters. The van der Waals surface area contributed by atoms with Crippen LogP contribution in [-0.4, -0.2) is 53.8 Å². The molecule has 5 atom stereocenters. The molecule has 2 aromatic heterocycles. The van der Waals surface area contributed by atoms with E-state index >= 15 is 0 Å². The van der Waals surface area contributed by atoms with Crippen molar-refractivity contribution in [2.45, 2.75) is 81.6 Å². The second-order valence-electron chi connectivity index (χ2n) is 11.8. The minimum absolute atomic E-state index is 0.0781. The van der Waals surface area contributed by atoms with Crippen LogP contribution in [0, 0.1) is 5.92 Å². The zero-order chi connectivity index (χ0) is 29.2. The molecule has 220 valence electrons. The van der Waals surface area contributed by atoms with Crippen LogP contribution in [0.1, 0.15) is 86.1 Å².